The summed E-state index contributed by atoms with van der Waals surface area (Å²) in [7, 11) is 1.61. The molecule has 0 bridgehead atoms. The van der Waals surface area contributed by atoms with Crippen LogP contribution in [-0.4, -0.2) is 47.3 Å². The van der Waals surface area contributed by atoms with Gasteiger partial charge in [-0.25, -0.2) is 0 Å². The third-order valence-electron chi connectivity index (χ3n) is 2.80. The van der Waals surface area contributed by atoms with Gasteiger partial charge in [-0.2, -0.15) is 5.10 Å². The molecule has 1 atom stereocenters. The molecule has 0 fully saturated rings. The Balaban J connectivity index is 2.82. The molecular formula is C11H20N4O2. The van der Waals surface area contributed by atoms with E-state index in [1.807, 2.05) is 13.8 Å². The van der Waals surface area contributed by atoms with Crippen molar-refractivity contribution in [2.75, 3.05) is 26.0 Å². The average Bonchev–Trinajstić information content (AvgIpc) is 2.75. The number of aromatic nitrogens is 2. The smallest absolute Gasteiger partial charge is 0.274 e. The van der Waals surface area contributed by atoms with E-state index in [4.69, 9.17) is 10.5 Å². The molecule has 1 amide bonds. The Bertz CT molecular complexity index is 364. The summed E-state index contributed by atoms with van der Waals surface area (Å²) in [6.07, 6.45) is 2.32. The first-order valence-electron chi connectivity index (χ1n) is 5.70. The van der Waals surface area contributed by atoms with E-state index in [0.29, 0.717) is 24.5 Å². The molecule has 6 nitrogen and oxygen atoms in total. The third-order valence-corrected chi connectivity index (χ3v) is 2.80. The number of hydrogen-bond donors (Lipinski definition) is 2. The number of nitrogens with zero attached hydrogens (tertiary/aromatic N) is 2. The number of aromatic amines is 1. The number of carbonyl (C=O) groups excluding carboxylic acids is 1. The Morgan fingerprint density at radius 1 is 1.71 bits per heavy atom. The number of nitrogens with one attached hydrogen (secondary N) is 1. The fraction of sp³-hybridized carbons (Fsp3) is 0.636. The lowest BCUT2D eigenvalue weighted by Crippen LogP contribution is -2.41. The summed E-state index contributed by atoms with van der Waals surface area (Å²) in [6, 6.07) is 0.139. The van der Waals surface area contributed by atoms with E-state index >= 15 is 0 Å². The summed E-state index contributed by atoms with van der Waals surface area (Å²) in [5.41, 5.74) is 6.40. The van der Waals surface area contributed by atoms with Gasteiger partial charge < -0.3 is 15.4 Å². The lowest BCUT2D eigenvalue weighted by molar-refractivity contribution is 0.0609. The van der Waals surface area contributed by atoms with Gasteiger partial charge in [-0.05, 0) is 13.3 Å². The predicted molar refractivity (Wildman–Crippen MR) is 65.7 cm³/mol. The molecule has 0 aliphatic carbocycles. The van der Waals surface area contributed by atoms with Crippen molar-refractivity contribution >= 4 is 11.6 Å². The van der Waals surface area contributed by atoms with Crippen LogP contribution in [0, 0.1) is 0 Å². The summed E-state index contributed by atoms with van der Waals surface area (Å²) in [4.78, 5) is 14.0. The zero-order valence-corrected chi connectivity index (χ0v) is 10.6. The molecule has 0 saturated carbocycles. The van der Waals surface area contributed by atoms with Gasteiger partial charge in [-0.3, -0.25) is 9.89 Å². The molecule has 6 heteroatoms. The SMILES string of the molecule is CCC(C)N(CCOC)C(=O)c1[nH]ncc1N. The summed E-state index contributed by atoms with van der Waals surface area (Å²) < 4.78 is 5.01. The second kappa shape index (κ2) is 6.24. The number of ether oxygens (including phenoxy) is 1. The van der Waals surface area contributed by atoms with E-state index in [-0.39, 0.29) is 11.9 Å². The van der Waals surface area contributed by atoms with Crippen LogP contribution in [0.4, 0.5) is 5.69 Å². The van der Waals surface area contributed by atoms with Crippen LogP contribution in [0.2, 0.25) is 0 Å². The number of anilines is 1. The van der Waals surface area contributed by atoms with E-state index in [1.165, 1.54) is 6.20 Å². The maximum Gasteiger partial charge on any atom is 0.274 e. The summed E-state index contributed by atoms with van der Waals surface area (Å²) >= 11 is 0. The molecule has 1 unspecified atom stereocenters. The van der Waals surface area contributed by atoms with Gasteiger partial charge in [0.05, 0.1) is 18.5 Å². The van der Waals surface area contributed by atoms with Gasteiger partial charge in [0.25, 0.3) is 5.91 Å². The standard InChI is InChI=1S/C11H20N4O2/c1-4-8(2)15(5-6-17-3)11(16)10-9(12)7-13-14-10/h7-8H,4-6,12H2,1-3H3,(H,13,14). The molecule has 1 heterocycles. The van der Waals surface area contributed by atoms with Crippen LogP contribution < -0.4 is 5.73 Å². The highest BCUT2D eigenvalue weighted by atomic mass is 16.5. The Morgan fingerprint density at radius 3 is 2.88 bits per heavy atom. The summed E-state index contributed by atoms with van der Waals surface area (Å²) in [5.74, 6) is -0.133. The highest BCUT2D eigenvalue weighted by Crippen LogP contribution is 2.13. The van der Waals surface area contributed by atoms with Crippen LogP contribution in [0.1, 0.15) is 30.8 Å². The minimum Gasteiger partial charge on any atom is -0.396 e. The molecule has 0 radical (unpaired) electrons. The average molecular weight is 240 g/mol. The number of rotatable bonds is 6. The van der Waals surface area contributed by atoms with Crippen molar-refractivity contribution in [3.05, 3.63) is 11.9 Å². The van der Waals surface area contributed by atoms with Crippen molar-refractivity contribution < 1.29 is 9.53 Å². The topological polar surface area (TPSA) is 84.2 Å². The van der Waals surface area contributed by atoms with Gasteiger partial charge in [0, 0.05) is 19.7 Å². The molecule has 0 aliphatic rings. The van der Waals surface area contributed by atoms with Crippen molar-refractivity contribution in [1.82, 2.24) is 15.1 Å². The Labute approximate surface area is 101 Å². The van der Waals surface area contributed by atoms with Gasteiger partial charge in [-0.1, -0.05) is 6.92 Å². The number of H-pyrrole nitrogens is 1. The lowest BCUT2D eigenvalue weighted by atomic mass is 10.2. The van der Waals surface area contributed by atoms with Gasteiger partial charge >= 0.3 is 0 Å². The quantitative estimate of drug-likeness (QED) is 0.773. The van der Waals surface area contributed by atoms with Crippen LogP contribution in [0.15, 0.2) is 6.20 Å². The van der Waals surface area contributed by atoms with E-state index in [1.54, 1.807) is 12.0 Å². The van der Waals surface area contributed by atoms with Crippen LogP contribution in [-0.2, 0) is 4.74 Å². The summed E-state index contributed by atoms with van der Waals surface area (Å²) in [6.45, 7) is 5.08. The number of amides is 1. The maximum atomic E-state index is 12.3. The van der Waals surface area contributed by atoms with Crippen molar-refractivity contribution in [2.24, 2.45) is 0 Å². The minimum atomic E-state index is -0.133. The highest BCUT2D eigenvalue weighted by molar-refractivity contribution is 5.97. The first-order chi connectivity index (χ1) is 8.11. The normalized spacial score (nSPS) is 12.4. The molecule has 0 saturated heterocycles. The zero-order chi connectivity index (χ0) is 12.8. The van der Waals surface area contributed by atoms with E-state index in [2.05, 4.69) is 10.2 Å². The predicted octanol–water partition coefficient (Wildman–Crippen LogP) is 0.879. The van der Waals surface area contributed by atoms with Crippen molar-refractivity contribution in [3.8, 4) is 0 Å². The van der Waals surface area contributed by atoms with Crippen LogP contribution >= 0.6 is 0 Å². The first-order valence-corrected chi connectivity index (χ1v) is 5.70. The number of hydrogen-bond acceptors (Lipinski definition) is 4. The monoisotopic (exact) mass is 240 g/mol. The van der Waals surface area contributed by atoms with Gasteiger partial charge in [0.2, 0.25) is 0 Å². The van der Waals surface area contributed by atoms with Gasteiger partial charge in [0.1, 0.15) is 5.69 Å². The molecule has 0 aliphatic heterocycles. The van der Waals surface area contributed by atoms with Gasteiger partial charge in [-0.15, -0.1) is 0 Å². The highest BCUT2D eigenvalue weighted by Gasteiger charge is 2.23. The first kappa shape index (κ1) is 13.5. The minimum absolute atomic E-state index is 0.133. The number of carbonyl (C=O) groups is 1. The Hall–Kier alpha value is -1.56. The van der Waals surface area contributed by atoms with Gasteiger partial charge in [0.15, 0.2) is 0 Å². The molecule has 17 heavy (non-hydrogen) atoms. The fourth-order valence-corrected chi connectivity index (χ4v) is 1.54. The van der Waals surface area contributed by atoms with E-state index in [0.717, 1.165) is 6.42 Å². The molecule has 3 N–H and O–H groups in total. The Morgan fingerprint density at radius 2 is 2.41 bits per heavy atom. The number of nitrogen functional groups attached to an aromatic ring is 1. The molecule has 1 aromatic rings. The summed E-state index contributed by atoms with van der Waals surface area (Å²) in [5, 5.41) is 6.40. The molecule has 0 spiro atoms. The molecule has 96 valence electrons. The number of methoxy groups -OCH3 is 1. The fourth-order valence-electron chi connectivity index (χ4n) is 1.54. The van der Waals surface area contributed by atoms with Crippen molar-refractivity contribution in [3.63, 3.8) is 0 Å². The molecule has 1 aromatic heterocycles. The van der Waals surface area contributed by atoms with Crippen molar-refractivity contribution in [1.29, 1.82) is 0 Å². The second-order valence-electron chi connectivity index (χ2n) is 3.95. The zero-order valence-electron chi connectivity index (χ0n) is 10.6. The van der Waals surface area contributed by atoms with Crippen LogP contribution in [0.3, 0.4) is 0 Å². The third kappa shape index (κ3) is 3.20. The van der Waals surface area contributed by atoms with Crippen LogP contribution in [0.5, 0.6) is 0 Å². The van der Waals surface area contributed by atoms with Crippen molar-refractivity contribution in [2.45, 2.75) is 26.3 Å². The lowest BCUT2D eigenvalue weighted by Gasteiger charge is -2.28. The molecule has 1 rings (SSSR count). The Kier molecular flexibility index (Phi) is 4.96. The molecular weight excluding hydrogens is 220 g/mol. The van der Waals surface area contributed by atoms with Crippen LogP contribution in [0.25, 0.3) is 0 Å². The van der Waals surface area contributed by atoms with E-state index in [9.17, 15) is 4.79 Å². The van der Waals surface area contributed by atoms with E-state index < -0.39 is 0 Å². The largest absolute Gasteiger partial charge is 0.396 e. The maximum absolute atomic E-state index is 12.3. The molecule has 0 aromatic carbocycles. The number of nitrogens with two attached hydrogens (primary N) is 1. The second-order valence-corrected chi connectivity index (χ2v) is 3.95.